The van der Waals surface area contributed by atoms with Crippen molar-refractivity contribution < 1.29 is 0 Å². The molecular weight excluding hydrogens is 222 g/mol. The summed E-state index contributed by atoms with van der Waals surface area (Å²) in [6.45, 7) is 9.11. The lowest BCUT2D eigenvalue weighted by atomic mass is 9.95. The first-order valence-electron chi connectivity index (χ1n) is 6.29. The molecular formula is C15H19N3. The quantitative estimate of drug-likeness (QED) is 0.807. The van der Waals surface area contributed by atoms with Gasteiger partial charge in [-0.2, -0.15) is 5.26 Å². The maximum absolute atomic E-state index is 9.02. The number of nitriles is 1. The summed E-state index contributed by atoms with van der Waals surface area (Å²) in [7, 11) is 0. The Hall–Kier alpha value is -1.82. The number of hydrogen-bond donors (Lipinski definition) is 0. The van der Waals surface area contributed by atoms with Crippen molar-refractivity contribution in [1.82, 2.24) is 9.55 Å². The highest BCUT2D eigenvalue weighted by Crippen LogP contribution is 2.27. The molecule has 0 saturated heterocycles. The Labute approximate surface area is 108 Å². The van der Waals surface area contributed by atoms with Crippen molar-refractivity contribution in [2.24, 2.45) is 5.92 Å². The molecule has 0 fully saturated rings. The maximum atomic E-state index is 9.02. The Balaban J connectivity index is 2.62. The Morgan fingerprint density at radius 1 is 1.33 bits per heavy atom. The zero-order valence-electron chi connectivity index (χ0n) is 11.4. The Kier molecular flexibility index (Phi) is 3.13. The number of hydrogen-bond acceptors (Lipinski definition) is 2. The summed E-state index contributed by atoms with van der Waals surface area (Å²) in [6, 6.07) is 10.4. The normalized spacial score (nSPS) is 13.5. The number of rotatable bonds is 2. The predicted molar refractivity (Wildman–Crippen MR) is 73.2 cm³/mol. The van der Waals surface area contributed by atoms with Gasteiger partial charge in [-0.3, -0.25) is 0 Å². The van der Waals surface area contributed by atoms with Gasteiger partial charge >= 0.3 is 0 Å². The van der Waals surface area contributed by atoms with Crippen LogP contribution in [0.1, 0.15) is 33.5 Å². The molecule has 0 aliphatic heterocycles. The Morgan fingerprint density at radius 2 is 2.00 bits per heavy atom. The molecule has 2 rings (SSSR count). The molecule has 0 N–H and O–H groups in total. The molecule has 0 aliphatic rings. The summed E-state index contributed by atoms with van der Waals surface area (Å²) in [5.41, 5.74) is 2.10. The van der Waals surface area contributed by atoms with E-state index in [9.17, 15) is 0 Å². The van der Waals surface area contributed by atoms with E-state index in [1.165, 1.54) is 0 Å². The summed E-state index contributed by atoms with van der Waals surface area (Å²) in [6.07, 6.45) is 0. The van der Waals surface area contributed by atoms with E-state index in [0.29, 0.717) is 6.54 Å². The molecule has 1 heterocycles. The van der Waals surface area contributed by atoms with Gasteiger partial charge in [0.15, 0.2) is 0 Å². The smallest absolute Gasteiger partial charge is 0.115 e. The van der Waals surface area contributed by atoms with E-state index in [0.717, 1.165) is 16.9 Å². The zero-order chi connectivity index (χ0) is 13.3. The lowest BCUT2D eigenvalue weighted by molar-refractivity contribution is 0.479. The third-order valence-corrected chi connectivity index (χ3v) is 3.00. The molecule has 1 unspecified atom stereocenters. The number of nitrogens with zero attached hydrogens (tertiary/aromatic N) is 3. The highest BCUT2D eigenvalue weighted by Gasteiger charge is 2.23. The van der Waals surface area contributed by atoms with Crippen LogP contribution in [0.5, 0.6) is 0 Å². The monoisotopic (exact) mass is 241 g/mol. The summed E-state index contributed by atoms with van der Waals surface area (Å²) in [4.78, 5) is 4.72. The molecule has 0 aliphatic carbocycles. The SMILES string of the molecule is CC(C#N)Cn1c(C(C)(C)C)nc2ccccc21. The number of fused-ring (bicyclic) bond motifs is 1. The topological polar surface area (TPSA) is 41.6 Å². The van der Waals surface area contributed by atoms with Crippen molar-refractivity contribution in [1.29, 1.82) is 5.26 Å². The van der Waals surface area contributed by atoms with Crippen LogP contribution >= 0.6 is 0 Å². The van der Waals surface area contributed by atoms with Crippen molar-refractivity contribution >= 4 is 11.0 Å². The van der Waals surface area contributed by atoms with E-state index in [1.54, 1.807) is 0 Å². The van der Waals surface area contributed by atoms with Gasteiger partial charge in [-0.15, -0.1) is 0 Å². The van der Waals surface area contributed by atoms with Crippen LogP contribution in [-0.4, -0.2) is 9.55 Å². The second kappa shape index (κ2) is 4.45. The van der Waals surface area contributed by atoms with E-state index >= 15 is 0 Å². The summed E-state index contributed by atoms with van der Waals surface area (Å²) in [5, 5.41) is 9.02. The third kappa shape index (κ3) is 2.24. The molecule has 3 nitrogen and oxygen atoms in total. The highest BCUT2D eigenvalue weighted by atomic mass is 15.1. The van der Waals surface area contributed by atoms with Gasteiger partial charge in [0.05, 0.1) is 23.0 Å². The van der Waals surface area contributed by atoms with E-state index in [4.69, 9.17) is 10.2 Å². The first-order chi connectivity index (χ1) is 8.43. The second-order valence-corrected chi connectivity index (χ2v) is 5.81. The van der Waals surface area contributed by atoms with Crippen LogP contribution in [-0.2, 0) is 12.0 Å². The molecule has 1 atom stereocenters. The molecule has 1 aromatic heterocycles. The van der Waals surface area contributed by atoms with Crippen LogP contribution in [0.25, 0.3) is 11.0 Å². The van der Waals surface area contributed by atoms with Crippen molar-refractivity contribution in [3.63, 3.8) is 0 Å². The van der Waals surface area contributed by atoms with E-state index in [-0.39, 0.29) is 11.3 Å². The number of aromatic nitrogens is 2. The molecule has 0 saturated carbocycles. The average Bonchev–Trinajstić information content (AvgIpc) is 2.68. The number of benzene rings is 1. The van der Waals surface area contributed by atoms with Crippen molar-refractivity contribution in [3.8, 4) is 6.07 Å². The first-order valence-corrected chi connectivity index (χ1v) is 6.29. The molecule has 0 radical (unpaired) electrons. The minimum atomic E-state index is -0.0196. The fraction of sp³-hybridized carbons (Fsp3) is 0.467. The van der Waals surface area contributed by atoms with Crippen LogP contribution in [0.15, 0.2) is 24.3 Å². The minimum Gasteiger partial charge on any atom is -0.326 e. The van der Waals surface area contributed by atoms with Gasteiger partial charge in [0, 0.05) is 12.0 Å². The molecule has 1 aromatic carbocycles. The van der Waals surface area contributed by atoms with Gasteiger partial charge in [0.2, 0.25) is 0 Å². The van der Waals surface area contributed by atoms with Gasteiger partial charge < -0.3 is 4.57 Å². The fourth-order valence-electron chi connectivity index (χ4n) is 2.15. The average molecular weight is 241 g/mol. The van der Waals surface area contributed by atoms with E-state index in [2.05, 4.69) is 37.5 Å². The Morgan fingerprint density at radius 3 is 2.61 bits per heavy atom. The van der Waals surface area contributed by atoms with Crippen LogP contribution < -0.4 is 0 Å². The largest absolute Gasteiger partial charge is 0.326 e. The molecule has 3 heteroatoms. The van der Waals surface area contributed by atoms with E-state index in [1.807, 2.05) is 25.1 Å². The lowest BCUT2D eigenvalue weighted by Gasteiger charge is -2.20. The first kappa shape index (κ1) is 12.6. The zero-order valence-corrected chi connectivity index (χ0v) is 11.4. The minimum absolute atomic E-state index is 0.0105. The molecule has 0 spiro atoms. The van der Waals surface area contributed by atoms with Gasteiger partial charge in [-0.1, -0.05) is 32.9 Å². The van der Waals surface area contributed by atoms with Gasteiger partial charge in [-0.25, -0.2) is 4.98 Å². The van der Waals surface area contributed by atoms with Gasteiger partial charge in [0.1, 0.15) is 5.82 Å². The Bertz CT molecular complexity index is 596. The van der Waals surface area contributed by atoms with Crippen molar-refractivity contribution in [3.05, 3.63) is 30.1 Å². The van der Waals surface area contributed by atoms with Crippen molar-refractivity contribution in [2.45, 2.75) is 39.7 Å². The van der Waals surface area contributed by atoms with Crippen LogP contribution in [0, 0.1) is 17.2 Å². The van der Waals surface area contributed by atoms with E-state index < -0.39 is 0 Å². The molecule has 2 aromatic rings. The standard InChI is InChI=1S/C15H19N3/c1-11(9-16)10-18-13-8-6-5-7-12(13)17-14(18)15(2,3)4/h5-8,11H,10H2,1-4H3. The second-order valence-electron chi connectivity index (χ2n) is 5.81. The van der Waals surface area contributed by atoms with Crippen LogP contribution in [0.3, 0.4) is 0 Å². The molecule has 94 valence electrons. The molecule has 18 heavy (non-hydrogen) atoms. The third-order valence-electron chi connectivity index (χ3n) is 3.00. The van der Waals surface area contributed by atoms with Gasteiger partial charge in [0.25, 0.3) is 0 Å². The summed E-state index contributed by atoms with van der Waals surface area (Å²) < 4.78 is 2.18. The summed E-state index contributed by atoms with van der Waals surface area (Å²) >= 11 is 0. The number of para-hydroxylation sites is 2. The number of imidazole rings is 1. The summed E-state index contributed by atoms with van der Waals surface area (Å²) in [5.74, 6) is 1.04. The maximum Gasteiger partial charge on any atom is 0.115 e. The highest BCUT2D eigenvalue weighted by molar-refractivity contribution is 5.76. The lowest BCUT2D eigenvalue weighted by Crippen LogP contribution is -2.20. The van der Waals surface area contributed by atoms with Gasteiger partial charge in [-0.05, 0) is 19.1 Å². The van der Waals surface area contributed by atoms with Crippen LogP contribution in [0.2, 0.25) is 0 Å². The molecule has 0 amide bonds. The van der Waals surface area contributed by atoms with Crippen LogP contribution in [0.4, 0.5) is 0 Å². The fourth-order valence-corrected chi connectivity index (χ4v) is 2.15. The molecule has 0 bridgehead atoms. The predicted octanol–water partition coefficient (Wildman–Crippen LogP) is 3.49. The van der Waals surface area contributed by atoms with Crippen molar-refractivity contribution in [2.75, 3.05) is 0 Å².